The van der Waals surface area contributed by atoms with Gasteiger partial charge < -0.3 is 5.32 Å². The Morgan fingerprint density at radius 3 is 3.00 bits per heavy atom. The molecule has 6 heteroatoms. The predicted octanol–water partition coefficient (Wildman–Crippen LogP) is 3.02. The molecule has 1 heterocycles. The Labute approximate surface area is 116 Å². The highest BCUT2D eigenvalue weighted by Gasteiger charge is 2.08. The summed E-state index contributed by atoms with van der Waals surface area (Å²) in [6.07, 6.45) is 0.692. The molecule has 0 aliphatic carbocycles. The van der Waals surface area contributed by atoms with Crippen LogP contribution in [0.4, 0.5) is 4.39 Å². The lowest BCUT2D eigenvalue weighted by Crippen LogP contribution is -2.25. The van der Waals surface area contributed by atoms with Gasteiger partial charge in [-0.3, -0.25) is 4.79 Å². The van der Waals surface area contributed by atoms with Crippen molar-refractivity contribution in [2.75, 3.05) is 6.54 Å². The van der Waals surface area contributed by atoms with Crippen molar-refractivity contribution in [1.82, 2.24) is 10.3 Å². The van der Waals surface area contributed by atoms with E-state index in [0.717, 1.165) is 5.69 Å². The lowest BCUT2D eigenvalue weighted by molar-refractivity contribution is 0.0954. The summed E-state index contributed by atoms with van der Waals surface area (Å²) in [5.74, 6) is -0.597. The largest absolute Gasteiger partial charge is 0.352 e. The van der Waals surface area contributed by atoms with Crippen molar-refractivity contribution >= 4 is 33.2 Å². The fraction of sp³-hybridized carbons (Fsp3) is 0.167. The summed E-state index contributed by atoms with van der Waals surface area (Å²) in [6, 6.07) is 4.19. The standard InChI is InChI=1S/C12H10BrFN2OS/c13-10-5-8(1-2-11(10)14)12(17)15-4-3-9-6-18-7-16-9/h1-2,5-7H,3-4H2,(H,15,17). The fourth-order valence-electron chi connectivity index (χ4n) is 1.40. The smallest absolute Gasteiger partial charge is 0.251 e. The van der Waals surface area contributed by atoms with Gasteiger partial charge in [-0.2, -0.15) is 0 Å². The molecule has 1 amide bonds. The molecule has 3 nitrogen and oxygen atoms in total. The van der Waals surface area contributed by atoms with E-state index in [-0.39, 0.29) is 16.2 Å². The van der Waals surface area contributed by atoms with Crippen LogP contribution in [0, 0.1) is 5.82 Å². The first-order chi connectivity index (χ1) is 8.66. The number of nitrogens with one attached hydrogen (secondary N) is 1. The first kappa shape index (κ1) is 13.2. The van der Waals surface area contributed by atoms with Crippen molar-refractivity contribution in [3.63, 3.8) is 0 Å². The van der Waals surface area contributed by atoms with E-state index in [1.165, 1.54) is 29.5 Å². The SMILES string of the molecule is O=C(NCCc1cscn1)c1ccc(F)c(Br)c1. The lowest BCUT2D eigenvalue weighted by atomic mass is 10.2. The second kappa shape index (κ2) is 6.06. The maximum Gasteiger partial charge on any atom is 0.251 e. The summed E-state index contributed by atoms with van der Waals surface area (Å²) >= 11 is 4.58. The molecule has 18 heavy (non-hydrogen) atoms. The fourth-order valence-corrected chi connectivity index (χ4v) is 2.38. The van der Waals surface area contributed by atoms with E-state index in [2.05, 4.69) is 26.2 Å². The molecule has 1 aromatic heterocycles. The summed E-state index contributed by atoms with van der Waals surface area (Å²) in [5.41, 5.74) is 3.15. The Morgan fingerprint density at radius 1 is 1.50 bits per heavy atom. The first-order valence-corrected chi connectivity index (χ1v) is 7.00. The van der Waals surface area contributed by atoms with Crippen molar-refractivity contribution in [2.24, 2.45) is 0 Å². The molecule has 0 unspecified atom stereocenters. The molecule has 0 atom stereocenters. The molecule has 0 radical (unpaired) electrons. The van der Waals surface area contributed by atoms with Crippen LogP contribution in [0.5, 0.6) is 0 Å². The Morgan fingerprint density at radius 2 is 2.33 bits per heavy atom. The Bertz CT molecular complexity index is 545. The maximum atomic E-state index is 13.0. The molecule has 94 valence electrons. The second-order valence-corrected chi connectivity index (χ2v) is 5.19. The van der Waals surface area contributed by atoms with Gasteiger partial charge in [-0.1, -0.05) is 0 Å². The van der Waals surface area contributed by atoms with Crippen molar-refractivity contribution in [2.45, 2.75) is 6.42 Å². The van der Waals surface area contributed by atoms with Crippen molar-refractivity contribution < 1.29 is 9.18 Å². The number of halogens is 2. The third-order valence-electron chi connectivity index (χ3n) is 2.33. The van der Waals surface area contributed by atoms with E-state index in [0.29, 0.717) is 18.5 Å². The maximum absolute atomic E-state index is 13.0. The minimum Gasteiger partial charge on any atom is -0.352 e. The van der Waals surface area contributed by atoms with Crippen LogP contribution in [0.1, 0.15) is 16.1 Å². The summed E-state index contributed by atoms with van der Waals surface area (Å²) in [7, 11) is 0. The van der Waals surface area contributed by atoms with Gasteiger partial charge in [0, 0.05) is 23.9 Å². The zero-order chi connectivity index (χ0) is 13.0. The van der Waals surface area contributed by atoms with Gasteiger partial charge in [0.2, 0.25) is 0 Å². The van der Waals surface area contributed by atoms with E-state index in [9.17, 15) is 9.18 Å². The van der Waals surface area contributed by atoms with E-state index >= 15 is 0 Å². The summed E-state index contributed by atoms with van der Waals surface area (Å²) in [6.45, 7) is 0.511. The molecule has 0 spiro atoms. The first-order valence-electron chi connectivity index (χ1n) is 5.27. The Balaban J connectivity index is 1.89. The van der Waals surface area contributed by atoms with Gasteiger partial charge in [-0.15, -0.1) is 11.3 Å². The van der Waals surface area contributed by atoms with Gasteiger partial charge in [0.15, 0.2) is 0 Å². The van der Waals surface area contributed by atoms with Gasteiger partial charge in [-0.25, -0.2) is 9.37 Å². The van der Waals surface area contributed by atoms with Crippen molar-refractivity contribution in [3.05, 3.63) is 50.6 Å². The van der Waals surface area contributed by atoms with Crippen LogP contribution in [0.15, 0.2) is 33.6 Å². The Hall–Kier alpha value is -1.27. The van der Waals surface area contributed by atoms with Crippen molar-refractivity contribution in [3.8, 4) is 0 Å². The van der Waals surface area contributed by atoms with E-state index in [4.69, 9.17) is 0 Å². The number of thiazole rings is 1. The molecule has 0 saturated carbocycles. The monoisotopic (exact) mass is 328 g/mol. The number of benzene rings is 1. The molecule has 2 aromatic rings. The van der Waals surface area contributed by atoms with Crippen LogP contribution < -0.4 is 5.32 Å². The van der Waals surface area contributed by atoms with Crippen LogP contribution in [-0.2, 0) is 6.42 Å². The molecule has 0 aliphatic rings. The van der Waals surface area contributed by atoms with Gasteiger partial charge >= 0.3 is 0 Å². The van der Waals surface area contributed by atoms with E-state index in [1.807, 2.05) is 5.38 Å². The molecular formula is C12H10BrFN2OS. The van der Waals surface area contributed by atoms with Crippen LogP contribution in [0.25, 0.3) is 0 Å². The number of aromatic nitrogens is 1. The zero-order valence-corrected chi connectivity index (χ0v) is 11.7. The van der Waals surface area contributed by atoms with Gasteiger partial charge in [0.25, 0.3) is 5.91 Å². The van der Waals surface area contributed by atoms with E-state index < -0.39 is 0 Å². The number of nitrogens with zero attached hydrogens (tertiary/aromatic N) is 1. The lowest BCUT2D eigenvalue weighted by Gasteiger charge is -2.04. The van der Waals surface area contributed by atoms with Gasteiger partial charge in [-0.05, 0) is 34.1 Å². The highest BCUT2D eigenvalue weighted by atomic mass is 79.9. The number of carbonyl (C=O) groups excluding carboxylic acids is 1. The molecule has 0 fully saturated rings. The second-order valence-electron chi connectivity index (χ2n) is 3.61. The predicted molar refractivity (Wildman–Crippen MR) is 72.3 cm³/mol. The summed E-state index contributed by atoms with van der Waals surface area (Å²) in [4.78, 5) is 15.9. The molecule has 2 rings (SSSR count). The number of hydrogen-bond donors (Lipinski definition) is 1. The average molecular weight is 329 g/mol. The molecule has 0 saturated heterocycles. The quantitative estimate of drug-likeness (QED) is 0.937. The number of carbonyl (C=O) groups is 1. The highest BCUT2D eigenvalue weighted by molar-refractivity contribution is 9.10. The van der Waals surface area contributed by atoms with Gasteiger partial charge in [0.05, 0.1) is 15.7 Å². The van der Waals surface area contributed by atoms with Crippen LogP contribution in [0.2, 0.25) is 0 Å². The number of rotatable bonds is 4. The molecular weight excluding hydrogens is 319 g/mol. The third-order valence-corrected chi connectivity index (χ3v) is 3.57. The highest BCUT2D eigenvalue weighted by Crippen LogP contribution is 2.16. The molecule has 1 aromatic carbocycles. The van der Waals surface area contributed by atoms with Gasteiger partial charge in [0.1, 0.15) is 5.82 Å². The molecule has 0 aliphatic heterocycles. The number of hydrogen-bond acceptors (Lipinski definition) is 3. The van der Waals surface area contributed by atoms with Crippen LogP contribution in [-0.4, -0.2) is 17.4 Å². The van der Waals surface area contributed by atoms with Crippen LogP contribution in [0.3, 0.4) is 0 Å². The summed E-state index contributed by atoms with van der Waals surface area (Å²) in [5, 5.41) is 4.71. The minimum atomic E-state index is -0.381. The molecule has 0 bridgehead atoms. The summed E-state index contributed by atoms with van der Waals surface area (Å²) < 4.78 is 13.3. The zero-order valence-electron chi connectivity index (χ0n) is 9.32. The molecule has 1 N–H and O–H groups in total. The minimum absolute atomic E-state index is 0.217. The normalized spacial score (nSPS) is 10.3. The topological polar surface area (TPSA) is 42.0 Å². The van der Waals surface area contributed by atoms with Crippen LogP contribution >= 0.6 is 27.3 Å². The number of amides is 1. The third kappa shape index (κ3) is 3.36. The van der Waals surface area contributed by atoms with E-state index in [1.54, 1.807) is 5.51 Å². The Kier molecular flexibility index (Phi) is 4.43. The average Bonchev–Trinajstić information content (AvgIpc) is 2.85. The van der Waals surface area contributed by atoms with Crippen molar-refractivity contribution in [1.29, 1.82) is 0 Å².